The van der Waals surface area contributed by atoms with E-state index in [9.17, 15) is 13.2 Å². The number of amides is 1. The predicted molar refractivity (Wildman–Crippen MR) is 118 cm³/mol. The molecule has 2 rings (SSSR count). The van der Waals surface area contributed by atoms with Crippen molar-refractivity contribution in [3.05, 3.63) is 63.6 Å². The van der Waals surface area contributed by atoms with Gasteiger partial charge in [0.25, 0.3) is 0 Å². The Morgan fingerprint density at radius 3 is 2.38 bits per heavy atom. The fraction of sp³-hybridized carbons (Fsp3) is 0.381. The molecule has 0 saturated carbocycles. The van der Waals surface area contributed by atoms with Gasteiger partial charge >= 0.3 is 0 Å². The summed E-state index contributed by atoms with van der Waals surface area (Å²) in [5, 5.41) is 3.60. The second-order valence-electron chi connectivity index (χ2n) is 6.88. The lowest BCUT2D eigenvalue weighted by atomic mass is 10.2. The minimum Gasteiger partial charge on any atom is -0.355 e. The summed E-state index contributed by atoms with van der Waals surface area (Å²) >= 11 is 12.2. The van der Waals surface area contributed by atoms with E-state index in [0.717, 1.165) is 29.1 Å². The maximum atomic E-state index is 13.2. The topological polar surface area (TPSA) is 66.5 Å². The Balaban J connectivity index is 2.26. The van der Waals surface area contributed by atoms with Crippen molar-refractivity contribution in [2.45, 2.75) is 44.6 Å². The highest BCUT2D eigenvalue weighted by Gasteiger charge is 2.27. The summed E-state index contributed by atoms with van der Waals surface area (Å²) in [5.74, 6) is -0.345. The molecule has 1 amide bonds. The molecule has 0 aromatic heterocycles. The minimum atomic E-state index is -3.89. The van der Waals surface area contributed by atoms with Crippen molar-refractivity contribution in [2.24, 2.45) is 0 Å². The molecule has 0 aliphatic rings. The normalized spacial score (nSPS) is 11.6. The largest absolute Gasteiger partial charge is 0.355 e. The van der Waals surface area contributed by atoms with Crippen molar-refractivity contribution in [3.8, 4) is 0 Å². The first kappa shape index (κ1) is 23.7. The standard InChI is InChI=1S/C21H26Cl2N2O3S/c1-3-4-5-12-24-21(26)15-25(14-17-8-9-18(22)13-20(17)23)29(27,28)19-10-6-16(2)7-11-19/h6-11,13H,3-5,12,14-15H2,1-2H3,(H,24,26). The summed E-state index contributed by atoms with van der Waals surface area (Å²) in [4.78, 5) is 12.5. The average Bonchev–Trinajstić information content (AvgIpc) is 2.67. The van der Waals surface area contributed by atoms with Crippen LogP contribution >= 0.6 is 23.2 Å². The second kappa shape index (κ2) is 11.0. The second-order valence-corrected chi connectivity index (χ2v) is 9.66. The summed E-state index contributed by atoms with van der Waals surface area (Å²) in [5.41, 5.74) is 1.52. The van der Waals surface area contributed by atoms with Gasteiger partial charge < -0.3 is 5.32 Å². The first-order valence-electron chi connectivity index (χ1n) is 9.51. The lowest BCUT2D eigenvalue weighted by Crippen LogP contribution is -2.40. The molecule has 0 saturated heterocycles. The van der Waals surface area contributed by atoms with Gasteiger partial charge in [-0.25, -0.2) is 8.42 Å². The molecule has 2 aromatic rings. The number of nitrogens with zero attached hydrogens (tertiary/aromatic N) is 1. The Morgan fingerprint density at radius 2 is 1.76 bits per heavy atom. The van der Waals surface area contributed by atoms with Crippen LogP contribution in [0.25, 0.3) is 0 Å². The maximum absolute atomic E-state index is 13.2. The number of sulfonamides is 1. The van der Waals surface area contributed by atoms with E-state index in [4.69, 9.17) is 23.2 Å². The van der Waals surface area contributed by atoms with Crippen LogP contribution in [0.1, 0.15) is 37.3 Å². The predicted octanol–water partition coefficient (Wildman–Crippen LogP) is 4.80. The summed E-state index contributed by atoms with van der Waals surface area (Å²) in [6, 6.07) is 11.4. The van der Waals surface area contributed by atoms with Crippen LogP contribution < -0.4 is 5.32 Å². The van der Waals surface area contributed by atoms with E-state index >= 15 is 0 Å². The number of nitrogens with one attached hydrogen (secondary N) is 1. The summed E-state index contributed by atoms with van der Waals surface area (Å²) in [6.07, 6.45) is 2.90. The van der Waals surface area contributed by atoms with Crippen molar-refractivity contribution in [3.63, 3.8) is 0 Å². The highest BCUT2D eigenvalue weighted by atomic mass is 35.5. The van der Waals surface area contributed by atoms with Crippen molar-refractivity contribution in [2.75, 3.05) is 13.1 Å². The molecule has 0 bridgehead atoms. The fourth-order valence-electron chi connectivity index (χ4n) is 2.74. The van der Waals surface area contributed by atoms with E-state index in [-0.39, 0.29) is 23.9 Å². The maximum Gasteiger partial charge on any atom is 0.243 e. The molecular formula is C21H26Cl2N2O3S. The van der Waals surface area contributed by atoms with Gasteiger partial charge in [0.05, 0.1) is 11.4 Å². The molecule has 0 unspecified atom stereocenters. The Hall–Kier alpha value is -1.60. The molecule has 0 heterocycles. The monoisotopic (exact) mass is 456 g/mol. The Labute approximate surface area is 183 Å². The molecule has 0 atom stereocenters. The van der Waals surface area contributed by atoms with Gasteiger partial charge in [0.1, 0.15) is 0 Å². The zero-order chi connectivity index (χ0) is 21.4. The van der Waals surface area contributed by atoms with Gasteiger partial charge in [-0.3, -0.25) is 4.79 Å². The number of hydrogen-bond donors (Lipinski definition) is 1. The lowest BCUT2D eigenvalue weighted by Gasteiger charge is -2.22. The van der Waals surface area contributed by atoms with E-state index in [1.165, 1.54) is 0 Å². The third-order valence-electron chi connectivity index (χ3n) is 4.44. The van der Waals surface area contributed by atoms with Gasteiger partial charge in [-0.1, -0.05) is 66.7 Å². The van der Waals surface area contributed by atoms with Gasteiger partial charge in [0.2, 0.25) is 15.9 Å². The molecule has 2 aromatic carbocycles. The van der Waals surface area contributed by atoms with E-state index in [1.807, 2.05) is 6.92 Å². The van der Waals surface area contributed by atoms with Crippen molar-refractivity contribution >= 4 is 39.1 Å². The van der Waals surface area contributed by atoms with Crippen LogP contribution in [0.4, 0.5) is 0 Å². The van der Waals surface area contributed by atoms with Gasteiger partial charge in [0.15, 0.2) is 0 Å². The van der Waals surface area contributed by atoms with Crippen LogP contribution in [0.5, 0.6) is 0 Å². The van der Waals surface area contributed by atoms with Crippen molar-refractivity contribution in [1.29, 1.82) is 0 Å². The third-order valence-corrected chi connectivity index (χ3v) is 6.84. The van der Waals surface area contributed by atoms with E-state index in [2.05, 4.69) is 12.2 Å². The number of benzene rings is 2. The van der Waals surface area contributed by atoms with Crippen LogP contribution in [0, 0.1) is 6.92 Å². The molecule has 0 radical (unpaired) electrons. The molecule has 0 spiro atoms. The highest BCUT2D eigenvalue weighted by molar-refractivity contribution is 7.89. The van der Waals surface area contributed by atoms with Crippen LogP contribution in [-0.4, -0.2) is 31.7 Å². The van der Waals surface area contributed by atoms with Gasteiger partial charge in [-0.15, -0.1) is 0 Å². The van der Waals surface area contributed by atoms with E-state index in [1.54, 1.807) is 42.5 Å². The molecule has 29 heavy (non-hydrogen) atoms. The van der Waals surface area contributed by atoms with Crippen LogP contribution in [0.2, 0.25) is 10.0 Å². The number of hydrogen-bond acceptors (Lipinski definition) is 3. The van der Waals surface area contributed by atoms with Crippen molar-refractivity contribution < 1.29 is 13.2 Å². The van der Waals surface area contributed by atoms with E-state index in [0.29, 0.717) is 22.2 Å². The molecule has 0 fully saturated rings. The third kappa shape index (κ3) is 7.00. The highest BCUT2D eigenvalue weighted by Crippen LogP contribution is 2.25. The zero-order valence-electron chi connectivity index (χ0n) is 16.6. The molecule has 5 nitrogen and oxygen atoms in total. The number of carbonyl (C=O) groups excluding carboxylic acids is 1. The summed E-state index contributed by atoms with van der Waals surface area (Å²) in [7, 11) is -3.89. The zero-order valence-corrected chi connectivity index (χ0v) is 18.9. The number of carbonyl (C=O) groups is 1. The fourth-order valence-corrected chi connectivity index (χ4v) is 4.59. The lowest BCUT2D eigenvalue weighted by molar-refractivity contribution is -0.121. The first-order valence-corrected chi connectivity index (χ1v) is 11.7. The number of halogens is 2. The molecular weight excluding hydrogens is 431 g/mol. The van der Waals surface area contributed by atoms with Gasteiger partial charge in [-0.05, 0) is 43.2 Å². The van der Waals surface area contributed by atoms with Crippen LogP contribution in [0.15, 0.2) is 47.4 Å². The van der Waals surface area contributed by atoms with Crippen LogP contribution in [0.3, 0.4) is 0 Å². The Kier molecular flexibility index (Phi) is 8.96. The number of aryl methyl sites for hydroxylation is 1. The van der Waals surface area contributed by atoms with Gasteiger partial charge in [-0.2, -0.15) is 4.31 Å². The number of rotatable bonds is 10. The average molecular weight is 457 g/mol. The number of unbranched alkanes of at least 4 members (excludes halogenated alkanes) is 2. The molecule has 158 valence electrons. The molecule has 8 heteroatoms. The van der Waals surface area contributed by atoms with Crippen LogP contribution in [-0.2, 0) is 21.4 Å². The minimum absolute atomic E-state index is 0.0331. The van der Waals surface area contributed by atoms with Gasteiger partial charge in [0, 0.05) is 23.1 Å². The Morgan fingerprint density at radius 1 is 1.07 bits per heavy atom. The quantitative estimate of drug-likeness (QED) is 0.522. The van der Waals surface area contributed by atoms with E-state index < -0.39 is 10.0 Å². The summed E-state index contributed by atoms with van der Waals surface area (Å²) in [6.45, 7) is 4.15. The van der Waals surface area contributed by atoms with Crippen molar-refractivity contribution in [1.82, 2.24) is 9.62 Å². The SMILES string of the molecule is CCCCCNC(=O)CN(Cc1ccc(Cl)cc1Cl)S(=O)(=O)c1ccc(C)cc1. The molecule has 0 aliphatic heterocycles. The smallest absolute Gasteiger partial charge is 0.243 e. The molecule has 0 aliphatic carbocycles. The molecule has 1 N–H and O–H groups in total. The first-order chi connectivity index (χ1) is 13.7. The summed E-state index contributed by atoms with van der Waals surface area (Å²) < 4.78 is 27.6. The Bertz CT molecular complexity index is 931.